The second-order valence-electron chi connectivity index (χ2n) is 4.41. The van der Waals surface area contributed by atoms with Crippen molar-refractivity contribution in [2.75, 3.05) is 20.1 Å². The summed E-state index contributed by atoms with van der Waals surface area (Å²) in [5, 5.41) is 8.46. The first kappa shape index (κ1) is 11.5. The normalized spacial score (nSPS) is 17.0. The zero-order chi connectivity index (χ0) is 10.4. The van der Waals surface area contributed by atoms with Crippen molar-refractivity contribution in [1.82, 2.24) is 4.90 Å². The molecule has 0 atom stereocenters. The Kier molecular flexibility index (Phi) is 4.94. The zero-order valence-corrected chi connectivity index (χ0v) is 9.04. The van der Waals surface area contributed by atoms with Crippen LogP contribution < -0.4 is 0 Å². The Bertz CT molecular complexity index is 178. The Morgan fingerprint density at radius 3 is 2.64 bits per heavy atom. The van der Waals surface area contributed by atoms with Gasteiger partial charge in [0.25, 0.3) is 0 Å². The highest BCUT2D eigenvalue weighted by Gasteiger charge is 2.18. The maximum Gasteiger partial charge on any atom is 0.303 e. The van der Waals surface area contributed by atoms with Crippen molar-refractivity contribution >= 4 is 5.97 Å². The molecule has 0 spiro atoms. The number of carboxylic acids is 1. The first-order valence-corrected chi connectivity index (χ1v) is 5.59. The molecule has 0 bridgehead atoms. The topological polar surface area (TPSA) is 40.5 Å². The summed E-state index contributed by atoms with van der Waals surface area (Å²) in [6, 6.07) is 0. The van der Waals surface area contributed by atoms with Gasteiger partial charge in [0.05, 0.1) is 0 Å². The number of hydrogen-bond acceptors (Lipinski definition) is 2. The van der Waals surface area contributed by atoms with Gasteiger partial charge in [-0.2, -0.15) is 0 Å². The standard InChI is InChI=1S/C11H21NO2/c1-12(9-10-5-4-6-10)8-3-2-7-11(13)14/h10H,2-9H2,1H3,(H,13,14). The van der Waals surface area contributed by atoms with Gasteiger partial charge in [-0.15, -0.1) is 0 Å². The summed E-state index contributed by atoms with van der Waals surface area (Å²) in [5.74, 6) is 0.242. The molecule has 1 aliphatic rings. The van der Waals surface area contributed by atoms with Crippen molar-refractivity contribution in [1.29, 1.82) is 0 Å². The van der Waals surface area contributed by atoms with Gasteiger partial charge in [-0.3, -0.25) is 4.79 Å². The van der Waals surface area contributed by atoms with Crippen molar-refractivity contribution < 1.29 is 9.90 Å². The summed E-state index contributed by atoms with van der Waals surface area (Å²) in [7, 11) is 2.14. The molecule has 14 heavy (non-hydrogen) atoms. The van der Waals surface area contributed by atoms with E-state index in [2.05, 4.69) is 11.9 Å². The summed E-state index contributed by atoms with van der Waals surface area (Å²) in [4.78, 5) is 12.6. The first-order chi connectivity index (χ1) is 6.68. The van der Waals surface area contributed by atoms with Crippen LogP contribution in [0.15, 0.2) is 0 Å². The third kappa shape index (κ3) is 4.61. The summed E-state index contributed by atoms with van der Waals surface area (Å²) < 4.78 is 0. The molecule has 0 heterocycles. The van der Waals surface area contributed by atoms with Crippen LogP contribution in [0.2, 0.25) is 0 Å². The lowest BCUT2D eigenvalue weighted by atomic mass is 9.85. The van der Waals surface area contributed by atoms with E-state index in [9.17, 15) is 4.79 Å². The molecule has 0 radical (unpaired) electrons. The third-order valence-electron chi connectivity index (χ3n) is 2.98. The van der Waals surface area contributed by atoms with Crippen LogP contribution in [0.5, 0.6) is 0 Å². The Morgan fingerprint density at radius 2 is 2.14 bits per heavy atom. The quantitative estimate of drug-likeness (QED) is 0.637. The van der Waals surface area contributed by atoms with Crippen LogP contribution in [0.1, 0.15) is 38.5 Å². The van der Waals surface area contributed by atoms with Gasteiger partial charge >= 0.3 is 5.97 Å². The Hall–Kier alpha value is -0.570. The lowest BCUT2D eigenvalue weighted by Crippen LogP contribution is -2.30. The van der Waals surface area contributed by atoms with E-state index in [4.69, 9.17) is 5.11 Å². The third-order valence-corrected chi connectivity index (χ3v) is 2.98. The summed E-state index contributed by atoms with van der Waals surface area (Å²) in [6.45, 7) is 2.25. The molecule has 3 heteroatoms. The smallest absolute Gasteiger partial charge is 0.303 e. The van der Waals surface area contributed by atoms with E-state index in [-0.39, 0.29) is 0 Å². The fourth-order valence-electron chi connectivity index (χ4n) is 1.87. The monoisotopic (exact) mass is 199 g/mol. The highest BCUT2D eigenvalue weighted by molar-refractivity contribution is 5.66. The van der Waals surface area contributed by atoms with Gasteiger partial charge in [0, 0.05) is 13.0 Å². The van der Waals surface area contributed by atoms with E-state index < -0.39 is 5.97 Å². The largest absolute Gasteiger partial charge is 0.481 e. The van der Waals surface area contributed by atoms with Crippen LogP contribution in [0.25, 0.3) is 0 Å². The van der Waals surface area contributed by atoms with Gasteiger partial charge in [-0.25, -0.2) is 0 Å². The number of aliphatic carboxylic acids is 1. The van der Waals surface area contributed by atoms with Gasteiger partial charge < -0.3 is 10.0 Å². The number of carboxylic acid groups (broad SMARTS) is 1. The van der Waals surface area contributed by atoms with Crippen LogP contribution in [-0.2, 0) is 4.79 Å². The molecule has 1 saturated carbocycles. The van der Waals surface area contributed by atoms with Crippen molar-refractivity contribution in [2.45, 2.75) is 38.5 Å². The van der Waals surface area contributed by atoms with Crippen LogP contribution in [0.4, 0.5) is 0 Å². The van der Waals surface area contributed by atoms with E-state index in [1.165, 1.54) is 25.8 Å². The summed E-state index contributed by atoms with van der Waals surface area (Å²) >= 11 is 0. The van der Waals surface area contributed by atoms with Gasteiger partial charge in [0.1, 0.15) is 0 Å². The number of nitrogens with zero attached hydrogens (tertiary/aromatic N) is 1. The summed E-state index contributed by atoms with van der Waals surface area (Å²) in [5.41, 5.74) is 0. The molecule has 0 aromatic rings. The van der Waals surface area contributed by atoms with Crippen molar-refractivity contribution in [2.24, 2.45) is 5.92 Å². The van der Waals surface area contributed by atoms with E-state index in [1.54, 1.807) is 0 Å². The number of carbonyl (C=O) groups is 1. The van der Waals surface area contributed by atoms with Gasteiger partial charge in [0.15, 0.2) is 0 Å². The second kappa shape index (κ2) is 6.02. The average molecular weight is 199 g/mol. The van der Waals surface area contributed by atoms with Crippen LogP contribution >= 0.6 is 0 Å². The van der Waals surface area contributed by atoms with Crippen LogP contribution in [-0.4, -0.2) is 36.1 Å². The molecule has 1 aliphatic carbocycles. The van der Waals surface area contributed by atoms with E-state index >= 15 is 0 Å². The number of hydrogen-bond donors (Lipinski definition) is 1. The van der Waals surface area contributed by atoms with E-state index in [1.807, 2.05) is 0 Å². The Morgan fingerprint density at radius 1 is 1.43 bits per heavy atom. The van der Waals surface area contributed by atoms with Gasteiger partial charge in [0.2, 0.25) is 0 Å². The average Bonchev–Trinajstić information content (AvgIpc) is 2.05. The Labute approximate surface area is 86.1 Å². The Balaban J connectivity index is 1.91. The first-order valence-electron chi connectivity index (χ1n) is 5.59. The molecule has 0 saturated heterocycles. The van der Waals surface area contributed by atoms with Crippen molar-refractivity contribution in [3.05, 3.63) is 0 Å². The van der Waals surface area contributed by atoms with Crippen molar-refractivity contribution in [3.8, 4) is 0 Å². The highest BCUT2D eigenvalue weighted by atomic mass is 16.4. The molecular weight excluding hydrogens is 178 g/mol. The number of unbranched alkanes of at least 4 members (excludes halogenated alkanes) is 1. The fourth-order valence-corrected chi connectivity index (χ4v) is 1.87. The molecule has 3 nitrogen and oxygen atoms in total. The molecule has 0 aromatic heterocycles. The molecule has 0 amide bonds. The lowest BCUT2D eigenvalue weighted by molar-refractivity contribution is -0.137. The molecular formula is C11H21NO2. The predicted molar refractivity (Wildman–Crippen MR) is 56.3 cm³/mol. The lowest BCUT2D eigenvalue weighted by Gasteiger charge is -2.30. The zero-order valence-electron chi connectivity index (χ0n) is 9.04. The molecule has 1 fully saturated rings. The highest BCUT2D eigenvalue weighted by Crippen LogP contribution is 2.26. The molecule has 0 aliphatic heterocycles. The second-order valence-corrected chi connectivity index (χ2v) is 4.41. The predicted octanol–water partition coefficient (Wildman–Crippen LogP) is 1.97. The minimum atomic E-state index is -0.674. The fraction of sp³-hybridized carbons (Fsp3) is 0.909. The summed E-state index contributed by atoms with van der Waals surface area (Å²) in [6.07, 6.45) is 6.31. The van der Waals surface area contributed by atoms with Gasteiger partial charge in [-0.1, -0.05) is 6.42 Å². The van der Waals surface area contributed by atoms with E-state index in [0.717, 1.165) is 25.3 Å². The molecule has 0 unspecified atom stereocenters. The van der Waals surface area contributed by atoms with Crippen LogP contribution in [0.3, 0.4) is 0 Å². The maximum absolute atomic E-state index is 10.3. The van der Waals surface area contributed by atoms with Crippen LogP contribution in [0, 0.1) is 5.92 Å². The molecule has 0 aromatic carbocycles. The minimum Gasteiger partial charge on any atom is -0.481 e. The molecule has 1 N–H and O–H groups in total. The maximum atomic E-state index is 10.3. The minimum absolute atomic E-state index is 0.317. The molecule has 1 rings (SSSR count). The SMILES string of the molecule is CN(CCCCC(=O)O)CC1CCC1. The van der Waals surface area contributed by atoms with Crippen molar-refractivity contribution in [3.63, 3.8) is 0 Å². The molecule has 82 valence electrons. The number of rotatable bonds is 7. The van der Waals surface area contributed by atoms with Gasteiger partial charge in [-0.05, 0) is 45.2 Å². The van der Waals surface area contributed by atoms with E-state index in [0.29, 0.717) is 6.42 Å².